The number of piperidine rings is 1. The summed E-state index contributed by atoms with van der Waals surface area (Å²) in [6, 6.07) is 6.05. The number of carbonyl (C=O) groups is 1. The van der Waals surface area contributed by atoms with E-state index in [-0.39, 0.29) is 12.3 Å². The molecule has 0 spiro atoms. The average molecular weight is 427 g/mol. The van der Waals surface area contributed by atoms with E-state index in [4.69, 9.17) is 9.26 Å². The Morgan fingerprint density at radius 3 is 2.97 bits per heavy atom. The predicted octanol–water partition coefficient (Wildman–Crippen LogP) is 4.12. The number of hydrogen-bond donors (Lipinski definition) is 2. The minimum Gasteiger partial charge on any atom is -0.491 e. The van der Waals surface area contributed by atoms with Crippen LogP contribution in [0, 0.1) is 13.8 Å². The molecule has 1 saturated heterocycles. The summed E-state index contributed by atoms with van der Waals surface area (Å²) in [5.41, 5.74) is 3.26. The maximum atomic E-state index is 12.4. The van der Waals surface area contributed by atoms with Crippen LogP contribution < -0.4 is 15.4 Å². The second kappa shape index (κ2) is 9.40. The molecule has 1 unspecified atom stereocenters. The van der Waals surface area contributed by atoms with Crippen LogP contribution in [0.25, 0.3) is 11.1 Å². The Morgan fingerprint density at radius 1 is 1.37 bits per heavy atom. The first-order valence-electron chi connectivity index (χ1n) is 10.2. The van der Waals surface area contributed by atoms with Crippen molar-refractivity contribution in [1.29, 1.82) is 0 Å². The molecule has 2 N–H and O–H groups in total. The highest BCUT2D eigenvalue weighted by Gasteiger charge is 2.19. The van der Waals surface area contributed by atoms with Crippen LogP contribution >= 0.6 is 11.3 Å². The third-order valence-electron chi connectivity index (χ3n) is 5.21. The average Bonchev–Trinajstić information content (AvgIpc) is 3.37. The number of benzene rings is 1. The molecule has 1 aliphatic rings. The van der Waals surface area contributed by atoms with Gasteiger partial charge in [-0.3, -0.25) is 4.79 Å². The molecule has 0 bridgehead atoms. The number of thiazole rings is 1. The van der Waals surface area contributed by atoms with E-state index >= 15 is 0 Å². The first kappa shape index (κ1) is 20.6. The summed E-state index contributed by atoms with van der Waals surface area (Å²) in [7, 11) is 0. The lowest BCUT2D eigenvalue weighted by Gasteiger charge is -2.24. The quantitative estimate of drug-likeness (QED) is 0.591. The summed E-state index contributed by atoms with van der Waals surface area (Å²) in [4.78, 5) is 16.6. The molecule has 3 aromatic rings. The van der Waals surface area contributed by atoms with Crippen molar-refractivity contribution in [3.63, 3.8) is 0 Å². The summed E-state index contributed by atoms with van der Waals surface area (Å²) in [6.45, 7) is 5.43. The molecule has 7 nitrogen and oxygen atoms in total. The van der Waals surface area contributed by atoms with Crippen LogP contribution in [0.2, 0.25) is 0 Å². The summed E-state index contributed by atoms with van der Waals surface area (Å²) in [6.07, 6.45) is 5.52. The number of carbonyl (C=O) groups excluding carboxylic acids is 1. The van der Waals surface area contributed by atoms with E-state index in [9.17, 15) is 4.79 Å². The van der Waals surface area contributed by atoms with Crippen LogP contribution in [0.1, 0.15) is 35.7 Å². The Hall–Kier alpha value is -2.71. The number of aromatic nitrogens is 2. The fourth-order valence-electron chi connectivity index (χ4n) is 3.74. The van der Waals surface area contributed by atoms with E-state index in [1.54, 1.807) is 6.20 Å². The molecule has 2 aromatic heterocycles. The van der Waals surface area contributed by atoms with Crippen LogP contribution in [-0.4, -0.2) is 35.2 Å². The number of hydrogen-bond acceptors (Lipinski definition) is 7. The van der Waals surface area contributed by atoms with E-state index in [1.165, 1.54) is 24.2 Å². The van der Waals surface area contributed by atoms with Crippen LogP contribution in [0.15, 0.2) is 34.3 Å². The van der Waals surface area contributed by atoms with Crippen LogP contribution in [0.3, 0.4) is 0 Å². The fraction of sp³-hybridized carbons (Fsp3) is 0.409. The maximum absolute atomic E-state index is 12.4. The van der Waals surface area contributed by atoms with Gasteiger partial charge in [-0.25, -0.2) is 4.98 Å². The van der Waals surface area contributed by atoms with Crippen LogP contribution in [-0.2, 0) is 11.2 Å². The Kier molecular flexibility index (Phi) is 6.44. The first-order chi connectivity index (χ1) is 14.6. The Labute approximate surface area is 179 Å². The highest BCUT2D eigenvalue weighted by Crippen LogP contribution is 2.37. The molecule has 30 heavy (non-hydrogen) atoms. The number of rotatable bonds is 7. The second-order valence-corrected chi connectivity index (χ2v) is 8.50. The van der Waals surface area contributed by atoms with Gasteiger partial charge in [0.25, 0.3) is 0 Å². The van der Waals surface area contributed by atoms with Gasteiger partial charge in [0.1, 0.15) is 23.1 Å². The summed E-state index contributed by atoms with van der Waals surface area (Å²) in [5.74, 6) is 1.38. The summed E-state index contributed by atoms with van der Waals surface area (Å²) < 4.78 is 11.6. The molecule has 0 radical (unpaired) electrons. The molecule has 0 aliphatic carbocycles. The second-order valence-electron chi connectivity index (χ2n) is 7.52. The summed E-state index contributed by atoms with van der Waals surface area (Å²) >= 11 is 1.47. The standard InChI is InChI=1S/C22H26N4O3S/c1-14-22(15(2)29-26-14)18-11-16(25-20(27)12-21-24-9-10-30-21)6-7-19(18)28-13-17-5-3-4-8-23-17/h6-7,9-11,17,23H,3-5,8,12-13H2,1-2H3,(H,25,27). The molecular formula is C22H26N4O3S. The van der Waals surface area contributed by atoms with E-state index < -0.39 is 0 Å². The number of nitrogens with one attached hydrogen (secondary N) is 2. The van der Waals surface area contributed by atoms with Crippen molar-refractivity contribution >= 4 is 22.9 Å². The molecule has 1 amide bonds. The zero-order valence-corrected chi connectivity index (χ0v) is 18.1. The smallest absolute Gasteiger partial charge is 0.231 e. The first-order valence-corrected chi connectivity index (χ1v) is 11.1. The molecule has 1 fully saturated rings. The molecule has 1 aliphatic heterocycles. The van der Waals surface area contributed by atoms with Gasteiger partial charge in [-0.2, -0.15) is 0 Å². The predicted molar refractivity (Wildman–Crippen MR) is 117 cm³/mol. The SMILES string of the molecule is Cc1noc(C)c1-c1cc(NC(=O)Cc2nccs2)ccc1OCC1CCCCN1. The van der Waals surface area contributed by atoms with Crippen molar-refractivity contribution in [3.8, 4) is 16.9 Å². The van der Waals surface area contributed by atoms with E-state index in [0.717, 1.165) is 46.3 Å². The van der Waals surface area contributed by atoms with Crippen molar-refractivity contribution in [2.45, 2.75) is 45.6 Å². The lowest BCUT2D eigenvalue weighted by atomic mass is 10.0. The highest BCUT2D eigenvalue weighted by molar-refractivity contribution is 7.09. The minimum absolute atomic E-state index is 0.102. The largest absolute Gasteiger partial charge is 0.491 e. The number of aryl methyl sites for hydroxylation is 2. The zero-order chi connectivity index (χ0) is 20.9. The van der Waals surface area contributed by atoms with Gasteiger partial charge >= 0.3 is 0 Å². The van der Waals surface area contributed by atoms with E-state index in [1.807, 2.05) is 37.4 Å². The molecular weight excluding hydrogens is 400 g/mol. The zero-order valence-electron chi connectivity index (χ0n) is 17.2. The van der Waals surface area contributed by atoms with Crippen molar-refractivity contribution in [2.75, 3.05) is 18.5 Å². The number of amides is 1. The minimum atomic E-state index is -0.102. The van der Waals surface area contributed by atoms with E-state index in [2.05, 4.69) is 20.8 Å². The van der Waals surface area contributed by atoms with Gasteiger partial charge in [-0.05, 0) is 51.4 Å². The maximum Gasteiger partial charge on any atom is 0.231 e. The van der Waals surface area contributed by atoms with Gasteiger partial charge in [-0.1, -0.05) is 11.6 Å². The van der Waals surface area contributed by atoms with E-state index in [0.29, 0.717) is 18.3 Å². The van der Waals surface area contributed by atoms with Gasteiger partial charge in [0.2, 0.25) is 5.91 Å². The molecule has 1 atom stereocenters. The topological polar surface area (TPSA) is 89.3 Å². The third kappa shape index (κ3) is 4.88. The number of anilines is 1. The summed E-state index contributed by atoms with van der Waals surface area (Å²) in [5, 5.41) is 13.2. The molecule has 8 heteroatoms. The van der Waals surface area contributed by atoms with Crippen molar-refractivity contribution in [1.82, 2.24) is 15.5 Å². The normalized spacial score (nSPS) is 16.4. The van der Waals surface area contributed by atoms with Gasteiger partial charge in [-0.15, -0.1) is 11.3 Å². The Balaban J connectivity index is 1.55. The highest BCUT2D eigenvalue weighted by atomic mass is 32.1. The van der Waals surface area contributed by atoms with Gasteiger partial charge in [0.05, 0.1) is 17.7 Å². The van der Waals surface area contributed by atoms with Crippen molar-refractivity contribution < 1.29 is 14.1 Å². The monoisotopic (exact) mass is 426 g/mol. The number of ether oxygens (including phenoxy) is 1. The Morgan fingerprint density at radius 2 is 2.27 bits per heavy atom. The van der Waals surface area contributed by atoms with Crippen LogP contribution in [0.5, 0.6) is 5.75 Å². The lowest BCUT2D eigenvalue weighted by Crippen LogP contribution is -2.38. The lowest BCUT2D eigenvalue weighted by molar-refractivity contribution is -0.115. The van der Waals surface area contributed by atoms with Crippen LogP contribution in [0.4, 0.5) is 5.69 Å². The molecule has 4 rings (SSSR count). The van der Waals surface area contributed by atoms with Crippen molar-refractivity contribution in [2.24, 2.45) is 0 Å². The van der Waals surface area contributed by atoms with Gasteiger partial charge < -0.3 is 19.9 Å². The fourth-order valence-corrected chi connectivity index (χ4v) is 4.35. The molecule has 158 valence electrons. The number of nitrogens with zero attached hydrogens (tertiary/aromatic N) is 2. The van der Waals surface area contributed by atoms with Crippen molar-refractivity contribution in [3.05, 3.63) is 46.2 Å². The van der Waals surface area contributed by atoms with Gasteiger partial charge in [0, 0.05) is 28.9 Å². The third-order valence-corrected chi connectivity index (χ3v) is 5.99. The molecule has 3 heterocycles. The molecule has 0 saturated carbocycles. The molecule has 1 aromatic carbocycles. The van der Waals surface area contributed by atoms with Gasteiger partial charge in [0.15, 0.2) is 0 Å². The Bertz CT molecular complexity index is 974.